The molecule has 0 aliphatic carbocycles. The van der Waals surface area contributed by atoms with Gasteiger partial charge in [0.1, 0.15) is 0 Å². The van der Waals surface area contributed by atoms with E-state index in [1.807, 2.05) is 0 Å². The van der Waals surface area contributed by atoms with Crippen LogP contribution in [0.3, 0.4) is 0 Å². The van der Waals surface area contributed by atoms with Gasteiger partial charge >= 0.3 is 0 Å². The summed E-state index contributed by atoms with van der Waals surface area (Å²) in [6, 6.07) is 4.44. The van der Waals surface area contributed by atoms with E-state index in [4.69, 9.17) is 16.3 Å². The molecule has 0 radical (unpaired) electrons. The quantitative estimate of drug-likeness (QED) is 0.858. The van der Waals surface area contributed by atoms with E-state index in [9.17, 15) is 13.2 Å². The Morgan fingerprint density at radius 3 is 2.86 bits per heavy atom. The zero-order chi connectivity index (χ0) is 15.5. The maximum atomic E-state index is 12.0. The van der Waals surface area contributed by atoms with Crippen molar-refractivity contribution in [2.75, 3.05) is 24.1 Å². The molecule has 0 unspecified atom stereocenters. The molecule has 1 aliphatic heterocycles. The number of hydrogen-bond acceptors (Lipinski definition) is 4. The van der Waals surface area contributed by atoms with Crippen LogP contribution in [0.25, 0.3) is 0 Å². The van der Waals surface area contributed by atoms with Crippen LogP contribution in [0.5, 0.6) is 0 Å². The first-order chi connectivity index (χ1) is 9.85. The van der Waals surface area contributed by atoms with Crippen molar-refractivity contribution in [3.8, 4) is 0 Å². The molecule has 8 heteroatoms. The number of halogens is 1. The second-order valence-electron chi connectivity index (χ2n) is 4.91. The maximum absolute atomic E-state index is 12.0. The van der Waals surface area contributed by atoms with Crippen molar-refractivity contribution < 1.29 is 17.9 Å². The van der Waals surface area contributed by atoms with Crippen molar-refractivity contribution in [3.63, 3.8) is 0 Å². The largest absolute Gasteiger partial charge is 0.376 e. The molecule has 2 N–H and O–H groups in total. The summed E-state index contributed by atoms with van der Waals surface area (Å²) in [6.07, 6.45) is 3.01. The molecule has 1 aromatic rings. The Balaban J connectivity index is 2.04. The number of rotatable bonds is 5. The predicted octanol–water partition coefficient (Wildman–Crippen LogP) is 1.62. The van der Waals surface area contributed by atoms with E-state index in [1.54, 1.807) is 6.07 Å². The van der Waals surface area contributed by atoms with Crippen molar-refractivity contribution in [1.82, 2.24) is 5.32 Å². The van der Waals surface area contributed by atoms with Crippen molar-refractivity contribution in [2.24, 2.45) is 0 Å². The monoisotopic (exact) mass is 332 g/mol. The number of hydrogen-bond donors (Lipinski definition) is 2. The fourth-order valence-electron chi connectivity index (χ4n) is 2.06. The average Bonchev–Trinajstić information content (AvgIpc) is 2.90. The Morgan fingerprint density at radius 1 is 1.48 bits per heavy atom. The Labute approximate surface area is 128 Å². The highest BCUT2D eigenvalue weighted by molar-refractivity contribution is 7.92. The highest BCUT2D eigenvalue weighted by atomic mass is 35.5. The summed E-state index contributed by atoms with van der Waals surface area (Å²) >= 11 is 5.91. The van der Waals surface area contributed by atoms with Gasteiger partial charge in [-0.15, -0.1) is 0 Å². The van der Waals surface area contributed by atoms with Crippen molar-refractivity contribution in [1.29, 1.82) is 0 Å². The summed E-state index contributed by atoms with van der Waals surface area (Å²) in [4.78, 5) is 12.0. The highest BCUT2D eigenvalue weighted by Gasteiger charge is 2.17. The molecule has 1 fully saturated rings. The first kappa shape index (κ1) is 16.1. The normalized spacial score (nSPS) is 18.5. The molecule has 1 atom stereocenters. The van der Waals surface area contributed by atoms with Crippen LogP contribution in [0, 0.1) is 0 Å². The Kier molecular flexibility index (Phi) is 5.08. The fraction of sp³-hybridized carbons (Fsp3) is 0.462. The molecule has 21 heavy (non-hydrogen) atoms. The minimum Gasteiger partial charge on any atom is -0.376 e. The number of benzene rings is 1. The second kappa shape index (κ2) is 6.64. The summed E-state index contributed by atoms with van der Waals surface area (Å²) < 4.78 is 30.2. The summed E-state index contributed by atoms with van der Waals surface area (Å²) in [7, 11) is -3.45. The molecule has 6 nitrogen and oxygen atoms in total. The molecule has 2 rings (SSSR count). The van der Waals surface area contributed by atoms with Gasteiger partial charge in [-0.05, 0) is 31.0 Å². The average molecular weight is 333 g/mol. The molecule has 1 heterocycles. The summed E-state index contributed by atoms with van der Waals surface area (Å²) in [5.74, 6) is -0.293. The van der Waals surface area contributed by atoms with Gasteiger partial charge in [0.25, 0.3) is 5.91 Å². The van der Waals surface area contributed by atoms with Crippen molar-refractivity contribution >= 4 is 33.2 Å². The van der Waals surface area contributed by atoms with Crippen molar-refractivity contribution in [2.45, 2.75) is 18.9 Å². The van der Waals surface area contributed by atoms with Gasteiger partial charge in [-0.25, -0.2) is 8.42 Å². The number of carbonyl (C=O) groups excluding carboxylic acids is 1. The Hall–Kier alpha value is -1.31. The lowest BCUT2D eigenvalue weighted by molar-refractivity contribution is 0.0858. The third kappa shape index (κ3) is 4.87. The van der Waals surface area contributed by atoms with Gasteiger partial charge in [-0.3, -0.25) is 9.52 Å². The number of nitrogens with one attached hydrogen (secondary N) is 2. The van der Waals surface area contributed by atoms with Crippen LogP contribution < -0.4 is 10.0 Å². The number of sulfonamides is 1. The molecule has 0 saturated carbocycles. The smallest absolute Gasteiger partial charge is 0.251 e. The van der Waals surface area contributed by atoms with Gasteiger partial charge in [0.05, 0.1) is 23.1 Å². The van der Waals surface area contributed by atoms with E-state index in [0.29, 0.717) is 12.1 Å². The van der Waals surface area contributed by atoms with Gasteiger partial charge in [0.15, 0.2) is 0 Å². The maximum Gasteiger partial charge on any atom is 0.251 e. The fourth-order valence-corrected chi connectivity index (χ4v) is 2.85. The zero-order valence-corrected chi connectivity index (χ0v) is 13.1. The minimum atomic E-state index is -3.45. The summed E-state index contributed by atoms with van der Waals surface area (Å²) in [6.45, 7) is 1.17. The third-order valence-electron chi connectivity index (χ3n) is 3.04. The second-order valence-corrected chi connectivity index (χ2v) is 7.07. The molecular formula is C13H17ClN2O4S. The molecule has 0 aromatic heterocycles. The van der Waals surface area contributed by atoms with Crippen molar-refractivity contribution in [3.05, 3.63) is 28.8 Å². The molecule has 1 aliphatic rings. The van der Waals surface area contributed by atoms with E-state index in [1.165, 1.54) is 12.1 Å². The first-order valence-corrected chi connectivity index (χ1v) is 8.79. The molecule has 116 valence electrons. The number of ether oxygens (including phenoxy) is 1. The van der Waals surface area contributed by atoms with Gasteiger partial charge in [0, 0.05) is 18.7 Å². The van der Waals surface area contributed by atoms with Crippen LogP contribution in [-0.4, -0.2) is 39.8 Å². The van der Waals surface area contributed by atoms with Gasteiger partial charge < -0.3 is 10.1 Å². The van der Waals surface area contributed by atoms with Crippen LogP contribution in [0.15, 0.2) is 18.2 Å². The third-order valence-corrected chi connectivity index (χ3v) is 3.96. The molecule has 1 saturated heterocycles. The lowest BCUT2D eigenvalue weighted by atomic mass is 10.2. The Bertz CT molecular complexity index is 627. The number of anilines is 1. The van der Waals surface area contributed by atoms with E-state index in [2.05, 4.69) is 10.0 Å². The summed E-state index contributed by atoms with van der Waals surface area (Å²) in [5, 5.41) is 3.00. The lowest BCUT2D eigenvalue weighted by Gasteiger charge is -2.12. The van der Waals surface area contributed by atoms with Crippen LogP contribution >= 0.6 is 11.6 Å². The number of carbonyl (C=O) groups is 1. The van der Waals surface area contributed by atoms with Crippen LogP contribution in [0.1, 0.15) is 23.2 Å². The van der Waals surface area contributed by atoms with Crippen LogP contribution in [0.2, 0.25) is 5.02 Å². The summed E-state index contributed by atoms with van der Waals surface area (Å²) in [5.41, 5.74) is 0.521. The Morgan fingerprint density at radius 2 is 2.24 bits per heavy atom. The van der Waals surface area contributed by atoms with Crippen LogP contribution in [-0.2, 0) is 14.8 Å². The highest BCUT2D eigenvalue weighted by Crippen LogP contribution is 2.24. The van der Waals surface area contributed by atoms with E-state index in [0.717, 1.165) is 25.7 Å². The van der Waals surface area contributed by atoms with E-state index in [-0.39, 0.29) is 22.7 Å². The van der Waals surface area contributed by atoms with Crippen LogP contribution in [0.4, 0.5) is 5.69 Å². The first-order valence-electron chi connectivity index (χ1n) is 6.52. The SMILES string of the molecule is CS(=O)(=O)Nc1cc(C(=O)NC[C@@H]2CCCO2)ccc1Cl. The molecule has 1 aromatic carbocycles. The van der Waals surface area contributed by atoms with Gasteiger partial charge in [-0.2, -0.15) is 0 Å². The van der Waals surface area contributed by atoms with Gasteiger partial charge in [0.2, 0.25) is 10.0 Å². The topological polar surface area (TPSA) is 84.5 Å². The number of amides is 1. The zero-order valence-electron chi connectivity index (χ0n) is 11.6. The standard InChI is InChI=1S/C13H17ClN2O4S/c1-21(18,19)16-12-7-9(4-5-11(12)14)13(17)15-8-10-3-2-6-20-10/h4-5,7,10,16H,2-3,6,8H2,1H3,(H,15,17)/t10-/m0/s1. The minimum absolute atomic E-state index is 0.0508. The molecule has 1 amide bonds. The van der Waals surface area contributed by atoms with E-state index < -0.39 is 10.0 Å². The molecule has 0 bridgehead atoms. The predicted molar refractivity (Wildman–Crippen MR) is 81.2 cm³/mol. The van der Waals surface area contributed by atoms with E-state index >= 15 is 0 Å². The lowest BCUT2D eigenvalue weighted by Crippen LogP contribution is -2.31. The molecule has 0 spiro atoms. The molecular weight excluding hydrogens is 316 g/mol. The van der Waals surface area contributed by atoms with Gasteiger partial charge in [-0.1, -0.05) is 11.6 Å².